The number of nitrogens with one attached hydrogen (secondary N) is 1. The van der Waals surface area contributed by atoms with Crippen LogP contribution in [0.3, 0.4) is 0 Å². The standard InChI is InChI=1S/C16H16F3N3O2/c17-16(18,19)10-14(23)21-5-7-22(8-6-21)15(24)13-9-11-3-1-2-4-12(11)20-13/h1-4,9,20H,5-8,10H2. The van der Waals surface area contributed by atoms with Gasteiger partial charge in [0.1, 0.15) is 12.1 Å². The normalized spacial score (nSPS) is 15.8. The molecule has 8 heteroatoms. The molecule has 2 amide bonds. The Balaban J connectivity index is 1.62. The van der Waals surface area contributed by atoms with Crippen molar-refractivity contribution in [1.29, 1.82) is 0 Å². The molecule has 1 aliphatic heterocycles. The van der Waals surface area contributed by atoms with Crippen LogP contribution >= 0.6 is 0 Å². The van der Waals surface area contributed by atoms with E-state index in [0.29, 0.717) is 5.69 Å². The number of piperazine rings is 1. The number of para-hydroxylation sites is 1. The Kier molecular flexibility index (Phi) is 4.21. The topological polar surface area (TPSA) is 56.4 Å². The smallest absolute Gasteiger partial charge is 0.351 e. The number of carbonyl (C=O) groups is 2. The number of carbonyl (C=O) groups excluding carboxylic acids is 2. The van der Waals surface area contributed by atoms with Crippen molar-refractivity contribution in [2.24, 2.45) is 0 Å². The van der Waals surface area contributed by atoms with Gasteiger partial charge >= 0.3 is 6.18 Å². The third kappa shape index (κ3) is 3.52. The molecule has 1 saturated heterocycles. The van der Waals surface area contributed by atoms with Crippen LogP contribution in [0.15, 0.2) is 30.3 Å². The fraction of sp³-hybridized carbons (Fsp3) is 0.375. The molecule has 2 heterocycles. The van der Waals surface area contributed by atoms with Gasteiger partial charge in [-0.2, -0.15) is 13.2 Å². The summed E-state index contributed by atoms with van der Waals surface area (Å²) >= 11 is 0. The number of hydrogen-bond donors (Lipinski definition) is 1. The molecule has 0 aliphatic carbocycles. The third-order valence-corrected chi connectivity index (χ3v) is 4.03. The number of aromatic amines is 1. The highest BCUT2D eigenvalue weighted by Crippen LogP contribution is 2.21. The molecule has 1 N–H and O–H groups in total. The zero-order chi connectivity index (χ0) is 17.3. The van der Waals surface area contributed by atoms with Gasteiger partial charge in [-0.05, 0) is 12.1 Å². The SMILES string of the molecule is O=C(CC(F)(F)F)N1CCN(C(=O)c2cc3ccccc3[nH]2)CC1. The van der Waals surface area contributed by atoms with E-state index in [4.69, 9.17) is 0 Å². The molecule has 0 saturated carbocycles. The van der Waals surface area contributed by atoms with E-state index in [9.17, 15) is 22.8 Å². The summed E-state index contributed by atoms with van der Waals surface area (Å²) in [6, 6.07) is 9.22. The maximum absolute atomic E-state index is 12.5. The minimum Gasteiger partial charge on any atom is -0.351 e. The zero-order valence-electron chi connectivity index (χ0n) is 12.8. The summed E-state index contributed by atoms with van der Waals surface area (Å²) in [6.45, 7) is 0.664. The summed E-state index contributed by atoms with van der Waals surface area (Å²) in [6.07, 6.45) is -5.96. The van der Waals surface area contributed by atoms with Crippen LogP contribution in [-0.2, 0) is 4.79 Å². The van der Waals surface area contributed by atoms with Gasteiger partial charge in [-0.1, -0.05) is 18.2 Å². The quantitative estimate of drug-likeness (QED) is 0.913. The molecule has 24 heavy (non-hydrogen) atoms. The third-order valence-electron chi connectivity index (χ3n) is 4.03. The Hall–Kier alpha value is -2.51. The molecule has 128 valence electrons. The molecule has 0 atom stereocenters. The van der Waals surface area contributed by atoms with Crippen molar-refractivity contribution in [3.8, 4) is 0 Å². The Morgan fingerprint density at radius 1 is 1.04 bits per heavy atom. The van der Waals surface area contributed by atoms with Gasteiger partial charge in [-0.25, -0.2) is 0 Å². The largest absolute Gasteiger partial charge is 0.397 e. The molecule has 5 nitrogen and oxygen atoms in total. The molecule has 0 radical (unpaired) electrons. The van der Waals surface area contributed by atoms with Crippen LogP contribution in [0.25, 0.3) is 10.9 Å². The van der Waals surface area contributed by atoms with Crippen LogP contribution < -0.4 is 0 Å². The van der Waals surface area contributed by atoms with Crippen LogP contribution in [0, 0.1) is 0 Å². The van der Waals surface area contributed by atoms with Crippen LogP contribution in [0.2, 0.25) is 0 Å². The molecule has 3 rings (SSSR count). The van der Waals surface area contributed by atoms with Crippen molar-refractivity contribution in [2.45, 2.75) is 12.6 Å². The lowest BCUT2D eigenvalue weighted by molar-refractivity contribution is -0.162. The van der Waals surface area contributed by atoms with Crippen molar-refractivity contribution in [3.63, 3.8) is 0 Å². The fourth-order valence-electron chi connectivity index (χ4n) is 2.80. The average molecular weight is 339 g/mol. The van der Waals surface area contributed by atoms with Gasteiger partial charge < -0.3 is 14.8 Å². The van der Waals surface area contributed by atoms with Crippen molar-refractivity contribution in [2.75, 3.05) is 26.2 Å². The summed E-state index contributed by atoms with van der Waals surface area (Å²) in [4.78, 5) is 29.8. The zero-order valence-corrected chi connectivity index (χ0v) is 12.8. The van der Waals surface area contributed by atoms with Gasteiger partial charge in [0.25, 0.3) is 5.91 Å². The maximum atomic E-state index is 12.5. The molecule has 1 aliphatic rings. The summed E-state index contributed by atoms with van der Waals surface area (Å²) in [7, 11) is 0. The van der Waals surface area contributed by atoms with Gasteiger partial charge in [0.2, 0.25) is 5.91 Å². The highest BCUT2D eigenvalue weighted by atomic mass is 19.4. The lowest BCUT2D eigenvalue weighted by atomic mass is 10.2. The Morgan fingerprint density at radius 2 is 1.67 bits per heavy atom. The van der Waals surface area contributed by atoms with Gasteiger partial charge in [-0.3, -0.25) is 9.59 Å². The first kappa shape index (κ1) is 16.4. The predicted molar refractivity (Wildman–Crippen MR) is 81.5 cm³/mol. The first-order valence-corrected chi connectivity index (χ1v) is 7.55. The molecule has 0 bridgehead atoms. The number of rotatable bonds is 2. The molecule has 1 aromatic carbocycles. The second-order valence-electron chi connectivity index (χ2n) is 5.74. The average Bonchev–Trinajstić information content (AvgIpc) is 2.96. The number of halogens is 3. The van der Waals surface area contributed by atoms with Crippen molar-refractivity contribution in [3.05, 3.63) is 36.0 Å². The number of H-pyrrole nitrogens is 1. The van der Waals surface area contributed by atoms with Crippen LogP contribution in [0.4, 0.5) is 13.2 Å². The van der Waals surface area contributed by atoms with Gasteiger partial charge in [0, 0.05) is 37.1 Å². The van der Waals surface area contributed by atoms with Crippen LogP contribution in [0.5, 0.6) is 0 Å². The van der Waals surface area contributed by atoms with Crippen LogP contribution in [-0.4, -0.2) is 59.0 Å². The number of nitrogens with zero attached hydrogens (tertiary/aromatic N) is 2. The van der Waals surface area contributed by atoms with E-state index in [0.717, 1.165) is 15.8 Å². The summed E-state index contributed by atoms with van der Waals surface area (Å²) in [5, 5.41) is 0.917. The summed E-state index contributed by atoms with van der Waals surface area (Å²) in [5.41, 5.74) is 1.28. The van der Waals surface area contributed by atoms with Gasteiger partial charge in [0.05, 0.1) is 0 Å². The summed E-state index contributed by atoms with van der Waals surface area (Å²) in [5.74, 6) is -1.16. The Bertz CT molecular complexity index is 728. The lowest BCUT2D eigenvalue weighted by Gasteiger charge is -2.34. The number of amides is 2. The van der Waals surface area contributed by atoms with E-state index >= 15 is 0 Å². The monoisotopic (exact) mass is 339 g/mol. The molecular formula is C16H16F3N3O2. The molecule has 0 unspecified atom stereocenters. The molecule has 1 aromatic heterocycles. The number of hydrogen-bond acceptors (Lipinski definition) is 2. The van der Waals surface area contributed by atoms with E-state index in [1.165, 1.54) is 0 Å². The van der Waals surface area contributed by atoms with E-state index in [-0.39, 0.29) is 32.1 Å². The minimum atomic E-state index is -4.51. The first-order valence-electron chi connectivity index (χ1n) is 7.55. The number of alkyl halides is 3. The molecule has 1 fully saturated rings. The maximum Gasteiger partial charge on any atom is 0.397 e. The number of benzene rings is 1. The van der Waals surface area contributed by atoms with E-state index < -0.39 is 18.5 Å². The highest BCUT2D eigenvalue weighted by molar-refractivity contribution is 5.98. The fourth-order valence-corrected chi connectivity index (χ4v) is 2.80. The number of aromatic nitrogens is 1. The van der Waals surface area contributed by atoms with E-state index in [2.05, 4.69) is 4.98 Å². The number of fused-ring (bicyclic) bond motifs is 1. The first-order chi connectivity index (χ1) is 11.3. The lowest BCUT2D eigenvalue weighted by Crippen LogP contribution is -2.51. The van der Waals surface area contributed by atoms with Gasteiger partial charge in [-0.15, -0.1) is 0 Å². The highest BCUT2D eigenvalue weighted by Gasteiger charge is 2.35. The van der Waals surface area contributed by atoms with Gasteiger partial charge in [0.15, 0.2) is 0 Å². The molecular weight excluding hydrogens is 323 g/mol. The molecule has 2 aromatic rings. The second-order valence-corrected chi connectivity index (χ2v) is 5.74. The van der Waals surface area contributed by atoms with Crippen molar-refractivity contribution in [1.82, 2.24) is 14.8 Å². The molecule has 0 spiro atoms. The second kappa shape index (κ2) is 6.18. The Labute approximate surface area is 136 Å². The Morgan fingerprint density at radius 3 is 2.29 bits per heavy atom. The predicted octanol–water partition coefficient (Wildman–Crippen LogP) is 2.40. The van der Waals surface area contributed by atoms with E-state index in [1.54, 1.807) is 11.0 Å². The van der Waals surface area contributed by atoms with Crippen molar-refractivity contribution >= 4 is 22.7 Å². The van der Waals surface area contributed by atoms with Crippen LogP contribution in [0.1, 0.15) is 16.9 Å². The minimum absolute atomic E-state index is 0.112. The van der Waals surface area contributed by atoms with E-state index in [1.807, 2.05) is 24.3 Å². The summed E-state index contributed by atoms with van der Waals surface area (Å²) < 4.78 is 36.8. The van der Waals surface area contributed by atoms with Crippen molar-refractivity contribution < 1.29 is 22.8 Å².